The lowest BCUT2D eigenvalue weighted by molar-refractivity contribution is 0.0966. The molecule has 0 saturated heterocycles. The normalized spacial score (nSPS) is 11.0. The van der Waals surface area contributed by atoms with Gasteiger partial charge in [-0.3, -0.25) is 9.59 Å². The molecule has 4 N–H and O–H groups in total. The third kappa shape index (κ3) is 2.53. The predicted octanol–water partition coefficient (Wildman–Crippen LogP) is 2.13. The van der Waals surface area contributed by atoms with Gasteiger partial charge in [0.15, 0.2) is 0 Å². The molecule has 0 saturated carbocycles. The van der Waals surface area contributed by atoms with Gasteiger partial charge in [-0.2, -0.15) is 0 Å². The van der Waals surface area contributed by atoms with Gasteiger partial charge in [0.2, 0.25) is 11.8 Å². The van der Waals surface area contributed by atoms with Gasteiger partial charge in [0, 0.05) is 0 Å². The summed E-state index contributed by atoms with van der Waals surface area (Å²) < 4.78 is 0. The predicted molar refractivity (Wildman–Crippen MR) is 71.7 cm³/mol. The van der Waals surface area contributed by atoms with Gasteiger partial charge in [-0.25, -0.2) is 0 Å². The molecule has 0 aliphatic heterocycles. The molecule has 0 aromatic heterocycles. The number of hydrogen-bond donors (Lipinski definition) is 2. The fraction of sp³-hybridized carbons (Fsp3) is 0.429. The van der Waals surface area contributed by atoms with Crippen molar-refractivity contribution < 1.29 is 9.59 Å². The quantitative estimate of drug-likeness (QED) is 0.855. The molecule has 2 amide bonds. The van der Waals surface area contributed by atoms with Gasteiger partial charge in [0.05, 0.1) is 11.1 Å². The number of rotatable bonds is 4. The molecule has 1 aromatic rings. The van der Waals surface area contributed by atoms with Gasteiger partial charge in [-0.15, -0.1) is 0 Å². The van der Waals surface area contributed by atoms with Crippen molar-refractivity contribution in [1.29, 1.82) is 0 Å². The number of amides is 2. The van der Waals surface area contributed by atoms with Crippen LogP contribution in [0.2, 0.25) is 0 Å². The first kappa shape index (κ1) is 14.2. The summed E-state index contributed by atoms with van der Waals surface area (Å²) in [5.74, 6) is -0.873. The Morgan fingerprint density at radius 3 is 1.83 bits per heavy atom. The Morgan fingerprint density at radius 2 is 1.50 bits per heavy atom. The Morgan fingerprint density at radius 1 is 0.944 bits per heavy atom. The van der Waals surface area contributed by atoms with E-state index in [1.807, 2.05) is 33.8 Å². The highest BCUT2D eigenvalue weighted by Crippen LogP contribution is 2.31. The highest BCUT2D eigenvalue weighted by atomic mass is 16.2. The molecule has 0 fully saturated rings. The Kier molecular flexibility index (Phi) is 4.11. The Labute approximate surface area is 107 Å². The first-order valence-corrected chi connectivity index (χ1v) is 6.03. The lowest BCUT2D eigenvalue weighted by Crippen LogP contribution is -2.24. The van der Waals surface area contributed by atoms with E-state index in [0.717, 1.165) is 11.1 Å². The van der Waals surface area contributed by atoms with Crippen LogP contribution in [0.25, 0.3) is 0 Å². The SMILES string of the molecule is CC(C)c1ccc(C(N)=O)c(C(N)=O)c1C(C)C. The number of benzene rings is 1. The minimum Gasteiger partial charge on any atom is -0.366 e. The second-order valence-corrected chi connectivity index (χ2v) is 5.03. The summed E-state index contributed by atoms with van der Waals surface area (Å²) in [6, 6.07) is 3.44. The van der Waals surface area contributed by atoms with Crippen molar-refractivity contribution in [1.82, 2.24) is 0 Å². The van der Waals surface area contributed by atoms with E-state index in [1.54, 1.807) is 6.07 Å². The molecule has 0 aliphatic carbocycles. The van der Waals surface area contributed by atoms with Gasteiger partial charge in [-0.1, -0.05) is 33.8 Å². The maximum atomic E-state index is 11.6. The van der Waals surface area contributed by atoms with Gasteiger partial charge < -0.3 is 11.5 Å². The highest BCUT2D eigenvalue weighted by Gasteiger charge is 2.23. The average molecular weight is 248 g/mol. The van der Waals surface area contributed by atoms with Gasteiger partial charge >= 0.3 is 0 Å². The second kappa shape index (κ2) is 5.21. The lowest BCUT2D eigenvalue weighted by atomic mass is 9.84. The van der Waals surface area contributed by atoms with Crippen molar-refractivity contribution in [3.8, 4) is 0 Å². The lowest BCUT2D eigenvalue weighted by Gasteiger charge is -2.20. The van der Waals surface area contributed by atoms with Crippen LogP contribution in [0.15, 0.2) is 12.1 Å². The van der Waals surface area contributed by atoms with Crippen LogP contribution in [-0.2, 0) is 0 Å². The summed E-state index contributed by atoms with van der Waals surface area (Å²) in [6.45, 7) is 8.02. The van der Waals surface area contributed by atoms with E-state index in [-0.39, 0.29) is 23.0 Å². The van der Waals surface area contributed by atoms with Crippen LogP contribution in [0.5, 0.6) is 0 Å². The number of carbonyl (C=O) groups is 2. The van der Waals surface area contributed by atoms with Crippen LogP contribution in [-0.4, -0.2) is 11.8 Å². The molecule has 4 nitrogen and oxygen atoms in total. The monoisotopic (exact) mass is 248 g/mol. The number of carbonyl (C=O) groups excluding carboxylic acids is 2. The molecule has 0 radical (unpaired) electrons. The van der Waals surface area contributed by atoms with Crippen LogP contribution in [0.4, 0.5) is 0 Å². The van der Waals surface area contributed by atoms with E-state index in [9.17, 15) is 9.59 Å². The smallest absolute Gasteiger partial charge is 0.249 e. The molecule has 0 bridgehead atoms. The van der Waals surface area contributed by atoms with E-state index in [4.69, 9.17) is 11.5 Å². The van der Waals surface area contributed by atoms with Crippen molar-refractivity contribution in [2.75, 3.05) is 0 Å². The maximum Gasteiger partial charge on any atom is 0.249 e. The molecular formula is C14H20N2O2. The van der Waals surface area contributed by atoms with Crippen LogP contribution in [0.1, 0.15) is 71.4 Å². The van der Waals surface area contributed by atoms with E-state index < -0.39 is 11.8 Å². The van der Waals surface area contributed by atoms with Crippen molar-refractivity contribution >= 4 is 11.8 Å². The molecule has 4 heteroatoms. The summed E-state index contributed by atoms with van der Waals surface area (Å²) in [5, 5.41) is 0. The van der Waals surface area contributed by atoms with Crippen molar-refractivity contribution in [2.24, 2.45) is 11.5 Å². The molecule has 0 spiro atoms. The fourth-order valence-electron chi connectivity index (χ4n) is 2.23. The minimum absolute atomic E-state index is 0.101. The summed E-state index contributed by atoms with van der Waals surface area (Å²) in [6.07, 6.45) is 0. The van der Waals surface area contributed by atoms with Crippen molar-refractivity contribution in [3.05, 3.63) is 34.4 Å². The van der Waals surface area contributed by atoms with Crippen LogP contribution >= 0.6 is 0 Å². The molecule has 0 heterocycles. The third-order valence-electron chi connectivity index (χ3n) is 2.99. The van der Waals surface area contributed by atoms with Gasteiger partial charge in [0.25, 0.3) is 0 Å². The highest BCUT2D eigenvalue weighted by molar-refractivity contribution is 6.07. The van der Waals surface area contributed by atoms with Crippen LogP contribution < -0.4 is 11.5 Å². The first-order chi connectivity index (χ1) is 8.27. The number of primary amides is 2. The zero-order valence-corrected chi connectivity index (χ0v) is 11.3. The summed E-state index contributed by atoms with van der Waals surface area (Å²) in [5.41, 5.74) is 13.0. The Bertz CT molecular complexity index is 491. The minimum atomic E-state index is -0.624. The van der Waals surface area contributed by atoms with Crippen LogP contribution in [0, 0.1) is 0 Å². The number of nitrogens with two attached hydrogens (primary N) is 2. The molecule has 0 aliphatic rings. The first-order valence-electron chi connectivity index (χ1n) is 6.03. The molecule has 0 atom stereocenters. The van der Waals surface area contributed by atoms with E-state index in [2.05, 4.69) is 0 Å². The molecule has 98 valence electrons. The Balaban J connectivity index is 3.71. The van der Waals surface area contributed by atoms with E-state index >= 15 is 0 Å². The molecule has 1 aromatic carbocycles. The maximum absolute atomic E-state index is 11.6. The van der Waals surface area contributed by atoms with Gasteiger partial charge in [-0.05, 0) is 29.0 Å². The summed E-state index contributed by atoms with van der Waals surface area (Å²) in [7, 11) is 0. The second-order valence-electron chi connectivity index (χ2n) is 5.03. The molecular weight excluding hydrogens is 228 g/mol. The van der Waals surface area contributed by atoms with Crippen molar-refractivity contribution in [3.63, 3.8) is 0 Å². The van der Waals surface area contributed by atoms with Gasteiger partial charge in [0.1, 0.15) is 0 Å². The largest absolute Gasteiger partial charge is 0.366 e. The zero-order valence-electron chi connectivity index (χ0n) is 11.3. The summed E-state index contributed by atoms with van der Waals surface area (Å²) in [4.78, 5) is 23.0. The van der Waals surface area contributed by atoms with Crippen molar-refractivity contribution in [2.45, 2.75) is 39.5 Å². The third-order valence-corrected chi connectivity index (χ3v) is 2.99. The zero-order chi connectivity index (χ0) is 14.0. The Hall–Kier alpha value is -1.84. The number of hydrogen-bond acceptors (Lipinski definition) is 2. The standard InChI is InChI=1S/C14H20N2O2/c1-7(2)9-5-6-10(13(15)17)12(14(16)18)11(9)8(3)4/h5-8H,1-4H3,(H2,15,17)(H2,16,18). The average Bonchev–Trinajstić information content (AvgIpc) is 2.26. The molecule has 0 unspecified atom stereocenters. The van der Waals surface area contributed by atoms with Crippen LogP contribution in [0.3, 0.4) is 0 Å². The van der Waals surface area contributed by atoms with E-state index in [0.29, 0.717) is 0 Å². The fourth-order valence-corrected chi connectivity index (χ4v) is 2.23. The molecule has 18 heavy (non-hydrogen) atoms. The topological polar surface area (TPSA) is 86.2 Å². The summed E-state index contributed by atoms with van der Waals surface area (Å²) >= 11 is 0. The van der Waals surface area contributed by atoms with E-state index in [1.165, 1.54) is 0 Å². The molecule has 1 rings (SSSR count).